The number of benzene rings is 2. The normalized spacial score (nSPS) is 12.3. The van der Waals surface area contributed by atoms with E-state index in [0.717, 1.165) is 18.2 Å². The maximum atomic E-state index is 14.1. The minimum atomic E-state index is -1.44. The Kier molecular flexibility index (Phi) is 3.65. The maximum Gasteiger partial charge on any atom is 0.336 e. The van der Waals surface area contributed by atoms with Crippen LogP contribution in [0.4, 0.5) is 8.78 Å². The highest BCUT2D eigenvalue weighted by Crippen LogP contribution is 2.38. The molecule has 0 amide bonds. The Morgan fingerprint density at radius 1 is 1.04 bits per heavy atom. The Labute approximate surface area is 133 Å². The van der Waals surface area contributed by atoms with Crippen LogP contribution in [-0.2, 0) is 0 Å². The van der Waals surface area contributed by atoms with Gasteiger partial charge >= 0.3 is 5.97 Å². The molecule has 0 atom stereocenters. The lowest BCUT2D eigenvalue weighted by atomic mass is 9.97. The smallest absolute Gasteiger partial charge is 0.336 e. The standard InChI is InChI=1S/C15H7ClF2O5/c16-6-1-2-7(8(3-6)15(20)21)13(19)9-4-10-14(23-5-22-10)12(18)11(9)17/h1-4H,5H2,(H,20,21). The monoisotopic (exact) mass is 340 g/mol. The quantitative estimate of drug-likeness (QED) is 0.868. The molecule has 118 valence electrons. The summed E-state index contributed by atoms with van der Waals surface area (Å²) in [4.78, 5) is 23.7. The first-order valence-electron chi connectivity index (χ1n) is 6.25. The molecule has 8 heteroatoms. The summed E-state index contributed by atoms with van der Waals surface area (Å²) in [6.07, 6.45) is 0. The highest BCUT2D eigenvalue weighted by atomic mass is 35.5. The molecular weight excluding hydrogens is 334 g/mol. The lowest BCUT2D eigenvalue weighted by Gasteiger charge is -2.09. The summed E-state index contributed by atoms with van der Waals surface area (Å²) in [6, 6.07) is 4.44. The third kappa shape index (κ3) is 2.49. The van der Waals surface area contributed by atoms with Crippen molar-refractivity contribution in [2.75, 3.05) is 6.79 Å². The van der Waals surface area contributed by atoms with Gasteiger partial charge in [0.25, 0.3) is 0 Å². The molecule has 23 heavy (non-hydrogen) atoms. The number of carboxylic acid groups (broad SMARTS) is 1. The lowest BCUT2D eigenvalue weighted by Crippen LogP contribution is -2.12. The van der Waals surface area contributed by atoms with Gasteiger partial charge in [0, 0.05) is 10.6 Å². The molecular formula is C15H7ClF2O5. The van der Waals surface area contributed by atoms with E-state index >= 15 is 0 Å². The molecule has 0 bridgehead atoms. The lowest BCUT2D eigenvalue weighted by molar-refractivity contribution is 0.0692. The summed E-state index contributed by atoms with van der Waals surface area (Å²) < 4.78 is 37.7. The number of hydrogen-bond acceptors (Lipinski definition) is 4. The first-order chi connectivity index (χ1) is 10.9. The van der Waals surface area contributed by atoms with Crippen molar-refractivity contribution in [2.45, 2.75) is 0 Å². The highest BCUT2D eigenvalue weighted by Gasteiger charge is 2.29. The van der Waals surface area contributed by atoms with Crippen molar-refractivity contribution in [1.82, 2.24) is 0 Å². The van der Waals surface area contributed by atoms with Gasteiger partial charge < -0.3 is 14.6 Å². The number of carbonyl (C=O) groups excluding carboxylic acids is 1. The largest absolute Gasteiger partial charge is 0.478 e. The van der Waals surface area contributed by atoms with E-state index in [1.165, 1.54) is 6.07 Å². The van der Waals surface area contributed by atoms with Gasteiger partial charge in [-0.25, -0.2) is 9.18 Å². The second-order valence-corrected chi connectivity index (χ2v) is 5.05. The van der Waals surface area contributed by atoms with Crippen LogP contribution in [0.2, 0.25) is 5.02 Å². The van der Waals surface area contributed by atoms with E-state index in [9.17, 15) is 18.4 Å². The fourth-order valence-electron chi connectivity index (χ4n) is 2.18. The Morgan fingerprint density at radius 3 is 2.48 bits per heavy atom. The summed E-state index contributed by atoms with van der Waals surface area (Å²) in [5.74, 6) is -5.78. The molecule has 1 N–H and O–H groups in total. The van der Waals surface area contributed by atoms with E-state index in [0.29, 0.717) is 0 Å². The van der Waals surface area contributed by atoms with Gasteiger partial charge in [-0.1, -0.05) is 11.6 Å². The van der Waals surface area contributed by atoms with Crippen LogP contribution >= 0.6 is 11.6 Å². The molecule has 3 rings (SSSR count). The average Bonchev–Trinajstić information content (AvgIpc) is 2.98. The Morgan fingerprint density at radius 2 is 1.78 bits per heavy atom. The predicted octanol–water partition coefficient (Wildman–Crippen LogP) is 3.28. The Hall–Kier alpha value is -2.67. The van der Waals surface area contributed by atoms with E-state index in [-0.39, 0.29) is 23.1 Å². The molecule has 0 saturated carbocycles. The van der Waals surface area contributed by atoms with Crippen molar-refractivity contribution in [2.24, 2.45) is 0 Å². The van der Waals surface area contributed by atoms with Crippen LogP contribution < -0.4 is 9.47 Å². The SMILES string of the molecule is O=C(O)c1cc(Cl)ccc1C(=O)c1cc2c(c(F)c1F)OCO2. The van der Waals surface area contributed by atoms with Gasteiger partial charge in [0.15, 0.2) is 17.3 Å². The number of halogens is 3. The molecule has 0 aromatic heterocycles. The minimum Gasteiger partial charge on any atom is -0.478 e. The maximum absolute atomic E-state index is 14.1. The number of ether oxygens (including phenoxy) is 2. The molecule has 0 spiro atoms. The van der Waals surface area contributed by atoms with Crippen molar-refractivity contribution < 1.29 is 33.0 Å². The number of fused-ring (bicyclic) bond motifs is 1. The highest BCUT2D eigenvalue weighted by molar-refractivity contribution is 6.31. The van der Waals surface area contributed by atoms with Gasteiger partial charge in [-0.2, -0.15) is 4.39 Å². The van der Waals surface area contributed by atoms with Crippen LogP contribution in [-0.4, -0.2) is 23.7 Å². The van der Waals surface area contributed by atoms with Crippen LogP contribution in [0.1, 0.15) is 26.3 Å². The molecule has 0 radical (unpaired) electrons. The number of rotatable bonds is 3. The molecule has 0 fully saturated rings. The molecule has 1 aliphatic heterocycles. The molecule has 0 saturated heterocycles. The third-order valence-electron chi connectivity index (χ3n) is 3.25. The zero-order chi connectivity index (χ0) is 16.7. The number of carboxylic acids is 1. The van der Waals surface area contributed by atoms with Crippen molar-refractivity contribution >= 4 is 23.4 Å². The van der Waals surface area contributed by atoms with Gasteiger partial charge in [0.2, 0.25) is 18.4 Å². The van der Waals surface area contributed by atoms with Crippen LogP contribution in [0.5, 0.6) is 11.5 Å². The van der Waals surface area contributed by atoms with E-state index in [1.807, 2.05) is 0 Å². The van der Waals surface area contributed by atoms with Gasteiger partial charge in [0.05, 0.1) is 11.1 Å². The van der Waals surface area contributed by atoms with Gasteiger partial charge in [-0.15, -0.1) is 0 Å². The molecule has 2 aromatic carbocycles. The van der Waals surface area contributed by atoms with Crippen LogP contribution in [0.15, 0.2) is 24.3 Å². The molecule has 1 aliphatic rings. The van der Waals surface area contributed by atoms with Gasteiger partial charge in [-0.05, 0) is 24.3 Å². The van der Waals surface area contributed by atoms with E-state index in [1.54, 1.807) is 0 Å². The van der Waals surface area contributed by atoms with E-state index in [4.69, 9.17) is 26.2 Å². The summed E-state index contributed by atoms with van der Waals surface area (Å²) >= 11 is 5.70. The zero-order valence-electron chi connectivity index (χ0n) is 11.2. The summed E-state index contributed by atoms with van der Waals surface area (Å²) in [5.41, 5.74) is -1.39. The van der Waals surface area contributed by atoms with Crippen molar-refractivity contribution in [1.29, 1.82) is 0 Å². The van der Waals surface area contributed by atoms with Crippen LogP contribution in [0.25, 0.3) is 0 Å². The minimum absolute atomic E-state index is 0.0938. The number of hydrogen-bond donors (Lipinski definition) is 1. The molecule has 0 unspecified atom stereocenters. The summed E-state index contributed by atoms with van der Waals surface area (Å²) in [5, 5.41) is 9.24. The zero-order valence-corrected chi connectivity index (χ0v) is 12.0. The van der Waals surface area contributed by atoms with Crippen molar-refractivity contribution in [3.63, 3.8) is 0 Å². The topological polar surface area (TPSA) is 72.8 Å². The third-order valence-corrected chi connectivity index (χ3v) is 3.48. The fraction of sp³-hybridized carbons (Fsp3) is 0.0667. The number of aromatic carboxylic acids is 1. The molecule has 1 heterocycles. The first kappa shape index (κ1) is 15.2. The molecule has 0 aliphatic carbocycles. The summed E-state index contributed by atoms with van der Waals surface area (Å²) in [7, 11) is 0. The second-order valence-electron chi connectivity index (χ2n) is 4.61. The van der Waals surface area contributed by atoms with Gasteiger partial charge in [0.1, 0.15) is 0 Å². The van der Waals surface area contributed by atoms with E-state index < -0.39 is 40.3 Å². The average molecular weight is 341 g/mol. The molecule has 2 aromatic rings. The van der Waals surface area contributed by atoms with Crippen LogP contribution in [0.3, 0.4) is 0 Å². The Balaban J connectivity index is 2.16. The molecule has 5 nitrogen and oxygen atoms in total. The predicted molar refractivity (Wildman–Crippen MR) is 74.3 cm³/mol. The number of carbonyl (C=O) groups is 2. The van der Waals surface area contributed by atoms with E-state index in [2.05, 4.69) is 0 Å². The van der Waals surface area contributed by atoms with Crippen molar-refractivity contribution in [3.05, 3.63) is 57.6 Å². The second kappa shape index (κ2) is 5.51. The number of ketones is 1. The fourth-order valence-corrected chi connectivity index (χ4v) is 2.35. The Bertz CT molecular complexity index is 850. The van der Waals surface area contributed by atoms with Gasteiger partial charge in [-0.3, -0.25) is 4.79 Å². The van der Waals surface area contributed by atoms with Crippen LogP contribution in [0, 0.1) is 11.6 Å². The summed E-state index contributed by atoms with van der Waals surface area (Å²) in [6.45, 7) is -0.301. The van der Waals surface area contributed by atoms with Crippen molar-refractivity contribution in [3.8, 4) is 11.5 Å². The first-order valence-corrected chi connectivity index (χ1v) is 6.63.